The quantitative estimate of drug-likeness (QED) is 0.305. The van der Waals surface area contributed by atoms with Gasteiger partial charge in [-0.3, -0.25) is 28.4 Å². The molecule has 45 heavy (non-hydrogen) atoms. The van der Waals surface area contributed by atoms with E-state index in [0.29, 0.717) is 61.6 Å². The number of carbonyl (C=O) groups excluding carboxylic acids is 2. The van der Waals surface area contributed by atoms with E-state index in [1.54, 1.807) is 17.0 Å². The van der Waals surface area contributed by atoms with Gasteiger partial charge in [0.2, 0.25) is 5.91 Å². The predicted molar refractivity (Wildman–Crippen MR) is 164 cm³/mol. The van der Waals surface area contributed by atoms with Crippen molar-refractivity contribution in [3.05, 3.63) is 85.7 Å². The van der Waals surface area contributed by atoms with Crippen molar-refractivity contribution in [3.63, 3.8) is 0 Å². The van der Waals surface area contributed by atoms with E-state index in [2.05, 4.69) is 9.98 Å². The number of nitrogens with zero attached hydrogens (tertiary/aromatic N) is 6. The van der Waals surface area contributed by atoms with Crippen LogP contribution in [0.2, 0.25) is 0 Å². The molecule has 3 aromatic rings. The number of carbonyl (C=O) groups is 2. The molecule has 0 radical (unpaired) electrons. The van der Waals surface area contributed by atoms with Crippen molar-refractivity contribution in [1.82, 2.24) is 19.0 Å². The van der Waals surface area contributed by atoms with E-state index < -0.39 is 28.8 Å². The van der Waals surface area contributed by atoms with E-state index in [4.69, 9.17) is 4.74 Å². The SMILES string of the molecule is CCCn1c2c(c(=O)n(CCOC)c1=O)CC(c1ccc(N(CCCN3CCCCC3=O)C(=O)c3ccc(F)c(F)c3)nc1)=N2. The lowest BCUT2D eigenvalue weighted by Crippen LogP contribution is -2.42. The van der Waals surface area contributed by atoms with Crippen LogP contribution in [0.15, 0.2) is 51.1 Å². The highest BCUT2D eigenvalue weighted by Gasteiger charge is 2.27. The summed E-state index contributed by atoms with van der Waals surface area (Å²) >= 11 is 0. The smallest absolute Gasteiger partial charge is 0.332 e. The summed E-state index contributed by atoms with van der Waals surface area (Å²) in [7, 11) is 1.50. The fourth-order valence-electron chi connectivity index (χ4n) is 5.67. The molecule has 13 heteroatoms. The summed E-state index contributed by atoms with van der Waals surface area (Å²) in [5, 5.41) is 0. The molecule has 0 saturated carbocycles. The van der Waals surface area contributed by atoms with Crippen LogP contribution in [0.3, 0.4) is 0 Å². The normalized spacial score (nSPS) is 14.4. The summed E-state index contributed by atoms with van der Waals surface area (Å²) in [6.45, 7) is 3.98. The highest BCUT2D eigenvalue weighted by atomic mass is 19.2. The molecule has 11 nitrogen and oxygen atoms in total. The molecule has 0 unspecified atom stereocenters. The third-order valence-electron chi connectivity index (χ3n) is 8.04. The lowest BCUT2D eigenvalue weighted by atomic mass is 10.1. The number of anilines is 1. The van der Waals surface area contributed by atoms with Crippen molar-refractivity contribution in [2.45, 2.75) is 58.5 Å². The minimum atomic E-state index is -1.13. The molecule has 238 valence electrons. The van der Waals surface area contributed by atoms with Gasteiger partial charge < -0.3 is 9.64 Å². The van der Waals surface area contributed by atoms with Gasteiger partial charge in [-0.25, -0.2) is 23.6 Å². The number of hydrogen-bond donors (Lipinski definition) is 0. The Morgan fingerprint density at radius 1 is 1.02 bits per heavy atom. The van der Waals surface area contributed by atoms with Gasteiger partial charge in [-0.05, 0) is 56.0 Å². The van der Waals surface area contributed by atoms with Crippen LogP contribution in [0.1, 0.15) is 60.5 Å². The molecule has 0 N–H and O–H groups in total. The van der Waals surface area contributed by atoms with E-state index in [1.165, 1.54) is 33.4 Å². The lowest BCUT2D eigenvalue weighted by molar-refractivity contribution is -0.133. The number of pyridine rings is 1. The molecule has 0 atom stereocenters. The molecule has 1 saturated heterocycles. The van der Waals surface area contributed by atoms with Gasteiger partial charge in [-0.1, -0.05) is 6.92 Å². The molecule has 2 aliphatic heterocycles. The van der Waals surface area contributed by atoms with Gasteiger partial charge in [0.25, 0.3) is 11.5 Å². The first-order chi connectivity index (χ1) is 21.7. The first kappa shape index (κ1) is 31.9. The minimum absolute atomic E-state index is 0.0388. The average molecular weight is 623 g/mol. The molecule has 1 fully saturated rings. The molecule has 2 aliphatic rings. The molecule has 2 aromatic heterocycles. The number of fused-ring (bicyclic) bond motifs is 1. The van der Waals surface area contributed by atoms with Crippen molar-refractivity contribution in [2.24, 2.45) is 4.99 Å². The van der Waals surface area contributed by atoms with E-state index in [1.807, 2.05) is 6.92 Å². The van der Waals surface area contributed by atoms with Gasteiger partial charge in [0, 0.05) is 63.5 Å². The molecular formula is C32H36F2N6O5. The Morgan fingerprint density at radius 3 is 2.53 bits per heavy atom. The van der Waals surface area contributed by atoms with Crippen LogP contribution in [0, 0.1) is 11.6 Å². The topological polar surface area (TPSA) is 119 Å². The maximum absolute atomic E-state index is 14.0. The lowest BCUT2D eigenvalue weighted by Gasteiger charge is -2.28. The number of benzene rings is 1. The summed E-state index contributed by atoms with van der Waals surface area (Å²) in [5.74, 6) is -2.07. The maximum Gasteiger partial charge on any atom is 0.332 e. The van der Waals surface area contributed by atoms with Gasteiger partial charge >= 0.3 is 5.69 Å². The Kier molecular flexibility index (Phi) is 9.96. The molecule has 0 spiro atoms. The molecular weight excluding hydrogens is 586 g/mol. The molecule has 0 aliphatic carbocycles. The Labute approximate surface area is 258 Å². The number of halogens is 2. The fraction of sp³-hybridized carbons (Fsp3) is 0.438. The Bertz CT molecular complexity index is 1730. The summed E-state index contributed by atoms with van der Waals surface area (Å²) in [5.41, 5.74) is 0.695. The van der Waals surface area contributed by atoms with E-state index in [0.717, 1.165) is 25.0 Å². The van der Waals surface area contributed by atoms with Gasteiger partial charge in [0.1, 0.15) is 11.6 Å². The Balaban J connectivity index is 1.41. The van der Waals surface area contributed by atoms with Crippen LogP contribution in [-0.2, 0) is 29.0 Å². The second kappa shape index (κ2) is 14.1. The number of amides is 2. The number of methoxy groups -OCH3 is 1. The summed E-state index contributed by atoms with van der Waals surface area (Å²) in [6.07, 6.45) is 5.16. The first-order valence-corrected chi connectivity index (χ1v) is 15.2. The fourth-order valence-corrected chi connectivity index (χ4v) is 5.67. The second-order valence-corrected chi connectivity index (χ2v) is 11.1. The number of ether oxygens (including phenoxy) is 1. The summed E-state index contributed by atoms with van der Waals surface area (Å²) in [4.78, 5) is 64.5. The van der Waals surface area contributed by atoms with Crippen molar-refractivity contribution in [3.8, 4) is 0 Å². The highest BCUT2D eigenvalue weighted by Crippen LogP contribution is 2.27. The van der Waals surface area contributed by atoms with Crippen molar-refractivity contribution < 1.29 is 23.1 Å². The predicted octanol–water partition coefficient (Wildman–Crippen LogP) is 3.47. The van der Waals surface area contributed by atoms with Crippen molar-refractivity contribution in [1.29, 1.82) is 0 Å². The van der Waals surface area contributed by atoms with Gasteiger partial charge in [0.05, 0.1) is 24.4 Å². The zero-order valence-electron chi connectivity index (χ0n) is 25.4. The van der Waals surface area contributed by atoms with Crippen molar-refractivity contribution in [2.75, 3.05) is 38.3 Å². The second-order valence-electron chi connectivity index (χ2n) is 11.1. The molecule has 4 heterocycles. The monoisotopic (exact) mass is 622 g/mol. The number of piperidine rings is 1. The third-order valence-corrected chi connectivity index (χ3v) is 8.04. The maximum atomic E-state index is 14.0. The van der Waals surface area contributed by atoms with E-state index >= 15 is 0 Å². The zero-order valence-corrected chi connectivity index (χ0v) is 25.4. The van der Waals surface area contributed by atoms with Crippen LogP contribution >= 0.6 is 0 Å². The van der Waals surface area contributed by atoms with E-state index in [9.17, 15) is 28.0 Å². The molecule has 5 rings (SSSR count). The van der Waals surface area contributed by atoms with Crippen LogP contribution in [-0.4, -0.2) is 69.9 Å². The largest absolute Gasteiger partial charge is 0.383 e. The minimum Gasteiger partial charge on any atom is -0.383 e. The van der Waals surface area contributed by atoms with Crippen LogP contribution in [0.4, 0.5) is 20.4 Å². The number of rotatable bonds is 12. The van der Waals surface area contributed by atoms with Crippen LogP contribution < -0.4 is 16.1 Å². The van der Waals surface area contributed by atoms with Crippen LogP contribution in [0.25, 0.3) is 0 Å². The van der Waals surface area contributed by atoms with Gasteiger partial charge in [0.15, 0.2) is 11.6 Å². The third kappa shape index (κ3) is 6.77. The molecule has 1 aromatic carbocycles. The first-order valence-electron chi connectivity index (χ1n) is 15.2. The highest BCUT2D eigenvalue weighted by molar-refractivity contribution is 6.07. The Hall–Kier alpha value is -4.52. The van der Waals surface area contributed by atoms with Gasteiger partial charge in [-0.15, -0.1) is 0 Å². The number of aromatic nitrogens is 3. The van der Waals surface area contributed by atoms with Crippen LogP contribution in [0.5, 0.6) is 0 Å². The molecule has 0 bridgehead atoms. The summed E-state index contributed by atoms with van der Waals surface area (Å²) < 4.78 is 35.4. The number of aliphatic imine (C=N–C) groups is 1. The number of hydrogen-bond acceptors (Lipinski definition) is 7. The Morgan fingerprint density at radius 2 is 1.84 bits per heavy atom. The standard InChI is InChI=1S/C32H36F2N6O5/c1-3-12-39-29-23(31(43)40(32(39)44)16-17-45-2)19-26(36-29)22-9-11-27(35-20-22)38(15-6-14-37-13-5-4-7-28(37)41)30(42)21-8-10-24(33)25(34)18-21/h8-11,18,20H,3-7,12-17,19H2,1-2H3. The summed E-state index contributed by atoms with van der Waals surface area (Å²) in [6, 6.07) is 6.32. The van der Waals surface area contributed by atoms with Crippen molar-refractivity contribution >= 4 is 29.2 Å². The van der Waals surface area contributed by atoms with E-state index in [-0.39, 0.29) is 43.4 Å². The zero-order chi connectivity index (χ0) is 32.1. The molecule has 2 amide bonds. The number of likely N-dealkylation sites (tertiary alicyclic amines) is 1. The average Bonchev–Trinajstić information content (AvgIpc) is 3.49. The van der Waals surface area contributed by atoms with Gasteiger partial charge in [-0.2, -0.15) is 0 Å².